The molecule has 0 radical (unpaired) electrons. The van der Waals surface area contributed by atoms with Gasteiger partial charge in [-0.15, -0.1) is 11.3 Å². The van der Waals surface area contributed by atoms with Crippen LogP contribution in [0.1, 0.15) is 45.0 Å². The lowest BCUT2D eigenvalue weighted by Crippen LogP contribution is -2.36. The van der Waals surface area contributed by atoms with Gasteiger partial charge in [-0.25, -0.2) is 4.79 Å². The van der Waals surface area contributed by atoms with Crippen molar-refractivity contribution in [2.24, 2.45) is 0 Å². The molecule has 1 unspecified atom stereocenters. The summed E-state index contributed by atoms with van der Waals surface area (Å²) < 4.78 is 11.4. The number of benzene rings is 2. The lowest BCUT2D eigenvalue weighted by Gasteiger charge is -2.11. The van der Waals surface area contributed by atoms with Gasteiger partial charge in [0, 0.05) is 17.8 Å². The number of hydrogen-bond acceptors (Lipinski definition) is 9. The second-order valence-electron chi connectivity index (χ2n) is 8.46. The summed E-state index contributed by atoms with van der Waals surface area (Å²) >= 11 is 1.94. The summed E-state index contributed by atoms with van der Waals surface area (Å²) in [6.45, 7) is 6.97. The third kappa shape index (κ3) is 6.29. The molecular weight excluding hydrogens is 540 g/mol. The van der Waals surface area contributed by atoms with Gasteiger partial charge in [0.2, 0.25) is 11.6 Å². The predicted molar refractivity (Wildman–Crippen MR) is 146 cm³/mol. The number of carbonyl (C=O) groups is 3. The van der Waals surface area contributed by atoms with Gasteiger partial charge in [0.25, 0.3) is 10.9 Å². The third-order valence-electron chi connectivity index (χ3n) is 5.61. The zero-order valence-corrected chi connectivity index (χ0v) is 23.3. The van der Waals surface area contributed by atoms with Crippen LogP contribution >= 0.6 is 23.1 Å². The van der Waals surface area contributed by atoms with Crippen molar-refractivity contribution in [2.45, 2.75) is 38.0 Å². The summed E-state index contributed by atoms with van der Waals surface area (Å²) in [6, 6.07) is 16.2. The maximum atomic E-state index is 13.2. The smallest absolute Gasteiger partial charge is 0.341 e. The minimum Gasteiger partial charge on any atom is -0.538 e. The van der Waals surface area contributed by atoms with Gasteiger partial charge in [-0.3, -0.25) is 9.59 Å². The Bertz CT molecular complexity index is 1500. The number of thiophene rings is 1. The molecule has 0 spiro atoms. The number of nitrogens with zero attached hydrogens (tertiary/aromatic N) is 2. The van der Waals surface area contributed by atoms with E-state index in [1.54, 1.807) is 57.2 Å². The zero-order chi connectivity index (χ0) is 28.1. The largest absolute Gasteiger partial charge is 0.538 e. The Morgan fingerprint density at radius 1 is 1.10 bits per heavy atom. The van der Waals surface area contributed by atoms with Crippen molar-refractivity contribution in [3.05, 3.63) is 76.2 Å². The maximum absolute atomic E-state index is 13.2. The number of amides is 2. The predicted octanol–water partition coefficient (Wildman–Crippen LogP) is 4.25. The van der Waals surface area contributed by atoms with Crippen LogP contribution in [0.2, 0.25) is 0 Å². The fourth-order valence-corrected chi connectivity index (χ4v) is 5.57. The number of esters is 1. The fraction of sp³-hybridized carbons (Fsp3) is 0.222. The van der Waals surface area contributed by atoms with Crippen LogP contribution in [-0.2, 0) is 9.53 Å². The number of thioether (sulfide) groups is 1. The van der Waals surface area contributed by atoms with Crippen molar-refractivity contribution >= 4 is 51.6 Å². The molecule has 0 aliphatic rings. The summed E-state index contributed by atoms with van der Waals surface area (Å²) in [5, 5.41) is 21.2. The van der Waals surface area contributed by atoms with Crippen LogP contribution in [-0.4, -0.2) is 34.9 Å². The van der Waals surface area contributed by atoms with E-state index < -0.39 is 29.0 Å². The lowest BCUT2D eigenvalue weighted by atomic mass is 10.1. The van der Waals surface area contributed by atoms with E-state index in [1.807, 2.05) is 25.1 Å². The molecule has 0 bridgehead atoms. The molecule has 4 rings (SSSR count). The highest BCUT2D eigenvalue weighted by molar-refractivity contribution is 8.00. The van der Waals surface area contributed by atoms with Crippen LogP contribution in [0.25, 0.3) is 5.69 Å². The van der Waals surface area contributed by atoms with Crippen molar-refractivity contribution in [1.82, 2.24) is 5.27 Å². The minimum absolute atomic E-state index is 0.106. The van der Waals surface area contributed by atoms with Crippen LogP contribution in [0.4, 0.5) is 10.7 Å². The molecule has 2 N–H and O–H groups in total. The first-order chi connectivity index (χ1) is 18.7. The highest BCUT2D eigenvalue weighted by atomic mass is 32.2. The third-order valence-corrected chi connectivity index (χ3v) is 7.95. The van der Waals surface area contributed by atoms with Crippen molar-refractivity contribution in [2.75, 3.05) is 17.2 Å². The fourth-order valence-electron chi connectivity index (χ4n) is 3.60. The Hall–Kier alpha value is -4.16. The highest BCUT2D eigenvalue weighted by Crippen LogP contribution is 2.35. The van der Waals surface area contributed by atoms with E-state index in [9.17, 15) is 19.5 Å². The Labute approximate surface area is 233 Å². The molecular formula is C27H26N4O6S2. The number of aryl methyl sites for hydroxylation is 1. The first kappa shape index (κ1) is 27.9. The SMILES string of the molecule is CCOC(=O)c1c(NC(=O)C(C)Sc2c([O-])on[n+]2-c2ccc(C)cc2)sc(C(=O)Nc2ccccc2)c1C. The van der Waals surface area contributed by atoms with Crippen molar-refractivity contribution in [1.29, 1.82) is 0 Å². The van der Waals surface area contributed by atoms with Crippen molar-refractivity contribution < 1.29 is 33.4 Å². The number of para-hydroxylation sites is 1. The lowest BCUT2D eigenvalue weighted by molar-refractivity contribution is -0.705. The number of aromatic nitrogens is 2. The molecule has 0 fully saturated rings. The Balaban J connectivity index is 1.57. The van der Waals surface area contributed by atoms with Crippen LogP contribution in [0, 0.1) is 13.8 Å². The van der Waals surface area contributed by atoms with Gasteiger partial charge in [0.05, 0.1) is 27.6 Å². The minimum atomic E-state index is -0.784. The van der Waals surface area contributed by atoms with Gasteiger partial charge >= 0.3 is 5.97 Å². The van der Waals surface area contributed by atoms with E-state index in [0.29, 0.717) is 16.9 Å². The number of nitrogens with one attached hydrogen (secondary N) is 2. The number of rotatable bonds is 9. The highest BCUT2D eigenvalue weighted by Gasteiger charge is 2.30. The molecule has 0 aliphatic carbocycles. The summed E-state index contributed by atoms with van der Waals surface area (Å²) in [4.78, 5) is 39.3. The molecule has 0 saturated carbocycles. The Morgan fingerprint density at radius 2 is 1.79 bits per heavy atom. The van der Waals surface area contributed by atoms with Crippen LogP contribution in [0.5, 0.6) is 5.95 Å². The molecule has 2 aromatic carbocycles. The second-order valence-corrected chi connectivity index (χ2v) is 10.8. The quantitative estimate of drug-likeness (QED) is 0.174. The number of carbonyl (C=O) groups excluding carboxylic acids is 3. The zero-order valence-electron chi connectivity index (χ0n) is 21.6. The van der Waals surface area contributed by atoms with Crippen LogP contribution < -0.4 is 20.4 Å². The maximum Gasteiger partial charge on any atom is 0.341 e. The molecule has 202 valence electrons. The van der Waals surface area contributed by atoms with Gasteiger partial charge in [0.1, 0.15) is 5.00 Å². The molecule has 12 heteroatoms. The summed E-state index contributed by atoms with van der Waals surface area (Å²) in [7, 11) is 0. The number of hydrogen-bond donors (Lipinski definition) is 2. The first-order valence-corrected chi connectivity index (χ1v) is 13.7. The van der Waals surface area contributed by atoms with Gasteiger partial charge in [-0.2, -0.15) is 0 Å². The first-order valence-electron chi connectivity index (χ1n) is 12.0. The average Bonchev–Trinajstić information content (AvgIpc) is 3.44. The number of anilines is 2. The van der Waals surface area contributed by atoms with Crippen LogP contribution in [0.15, 0.2) is 64.1 Å². The molecule has 2 aromatic heterocycles. The summed E-state index contributed by atoms with van der Waals surface area (Å²) in [6.07, 6.45) is 0. The topological polar surface area (TPSA) is 137 Å². The van der Waals surface area contributed by atoms with Crippen LogP contribution in [0.3, 0.4) is 0 Å². The van der Waals surface area contributed by atoms with Gasteiger partial charge in [-0.05, 0) is 61.8 Å². The molecule has 2 heterocycles. The summed E-state index contributed by atoms with van der Waals surface area (Å²) in [5.41, 5.74) is 2.73. The molecule has 0 aliphatic heterocycles. The van der Waals surface area contributed by atoms with Gasteiger partial charge < -0.3 is 25.0 Å². The standard InChI is InChI=1S/C27H26N4O6S2/c1-5-36-26(34)20-16(3)21(23(33)28-18-9-7-6-8-10-18)39-24(20)29-22(32)17(4)38-25-27(35)37-30-31(25)19-13-11-15(2)12-14-19/h6-14,17H,5H2,1-4H3,(H2-,28,29,30,32,33,34,35). The van der Waals surface area contributed by atoms with E-state index in [2.05, 4.69) is 15.9 Å². The molecule has 39 heavy (non-hydrogen) atoms. The van der Waals surface area contributed by atoms with E-state index in [-0.39, 0.29) is 27.1 Å². The number of ether oxygens (including phenoxy) is 1. The van der Waals surface area contributed by atoms with E-state index in [1.165, 1.54) is 4.68 Å². The van der Waals surface area contributed by atoms with Crippen molar-refractivity contribution in [3.8, 4) is 11.6 Å². The molecule has 0 saturated heterocycles. The average molecular weight is 567 g/mol. The monoisotopic (exact) mass is 566 g/mol. The van der Waals surface area contributed by atoms with Crippen molar-refractivity contribution in [3.63, 3.8) is 0 Å². The second kappa shape index (κ2) is 12.1. The molecule has 1 atom stereocenters. The molecule has 4 aromatic rings. The van der Waals surface area contributed by atoms with Gasteiger partial charge in [0.15, 0.2) is 5.95 Å². The van der Waals surface area contributed by atoms with E-state index in [4.69, 9.17) is 9.26 Å². The molecule has 10 nitrogen and oxygen atoms in total. The van der Waals surface area contributed by atoms with Gasteiger partial charge in [-0.1, -0.05) is 35.9 Å². The Morgan fingerprint density at radius 3 is 2.46 bits per heavy atom. The molecule has 2 amide bonds. The van der Waals surface area contributed by atoms with E-state index in [0.717, 1.165) is 28.7 Å². The van der Waals surface area contributed by atoms with E-state index >= 15 is 0 Å². The summed E-state index contributed by atoms with van der Waals surface area (Å²) in [5.74, 6) is -2.24. The normalized spacial score (nSPS) is 11.6. The Kier molecular flexibility index (Phi) is 8.67.